The molecule has 4 rings (SSSR count). The van der Waals surface area contributed by atoms with Gasteiger partial charge in [0, 0.05) is 5.39 Å². The Labute approximate surface area is 153 Å². The predicted octanol–water partition coefficient (Wildman–Crippen LogP) is 7.19. The number of benzene rings is 4. The molecule has 0 saturated heterocycles. The second-order valence-corrected chi connectivity index (χ2v) is 6.87. The molecule has 132 valence electrons. The fraction of sp³-hybridized carbons (Fsp3) is 0.167. The van der Waals surface area contributed by atoms with Gasteiger partial charge in [0.1, 0.15) is 11.6 Å². The van der Waals surface area contributed by atoms with Crippen LogP contribution in [-0.4, -0.2) is 0 Å². The van der Waals surface area contributed by atoms with Crippen molar-refractivity contribution in [3.63, 3.8) is 0 Å². The van der Waals surface area contributed by atoms with E-state index in [-0.39, 0.29) is 11.6 Å². The fourth-order valence-electron chi connectivity index (χ4n) is 3.02. The lowest BCUT2D eigenvalue weighted by molar-refractivity contribution is 0.620. The molecule has 4 aromatic carbocycles. The van der Waals surface area contributed by atoms with Crippen LogP contribution < -0.4 is 0 Å². The molecule has 0 aliphatic rings. The summed E-state index contributed by atoms with van der Waals surface area (Å²) in [4.78, 5) is 0. The van der Waals surface area contributed by atoms with Crippen molar-refractivity contribution in [1.82, 2.24) is 0 Å². The first-order valence-electron chi connectivity index (χ1n) is 8.67. The van der Waals surface area contributed by atoms with Crippen LogP contribution in [0, 0.1) is 39.3 Å². The van der Waals surface area contributed by atoms with E-state index in [1.165, 1.54) is 0 Å². The highest BCUT2D eigenvalue weighted by Gasteiger charge is 2.03. The molecular formula is C24H22F2. The summed E-state index contributed by atoms with van der Waals surface area (Å²) >= 11 is 0. The standard InChI is InChI=1S/2C12H11F/c1-8-3-6-11-10(7-8)5-4-9(2)12(11)13;1-8-3-4-10-6-9(2)12(13)7-11(10)5-8/h2*3-7H,1-2H3. The van der Waals surface area contributed by atoms with Gasteiger partial charge < -0.3 is 0 Å². The van der Waals surface area contributed by atoms with Gasteiger partial charge in [-0.3, -0.25) is 0 Å². The predicted molar refractivity (Wildman–Crippen MR) is 107 cm³/mol. The number of hydrogen-bond acceptors (Lipinski definition) is 0. The van der Waals surface area contributed by atoms with Crippen LogP contribution in [0.2, 0.25) is 0 Å². The Morgan fingerprint density at radius 2 is 1.15 bits per heavy atom. The third-order valence-corrected chi connectivity index (χ3v) is 4.58. The molecule has 0 fully saturated rings. The van der Waals surface area contributed by atoms with Gasteiger partial charge in [0.05, 0.1) is 0 Å². The quantitative estimate of drug-likeness (QED) is 0.315. The summed E-state index contributed by atoms with van der Waals surface area (Å²) in [7, 11) is 0. The molecule has 0 N–H and O–H groups in total. The first-order valence-corrected chi connectivity index (χ1v) is 8.67. The Kier molecular flexibility index (Phi) is 5.03. The number of aryl methyl sites for hydroxylation is 4. The summed E-state index contributed by atoms with van der Waals surface area (Å²) in [5, 5.41) is 3.77. The number of hydrogen-bond donors (Lipinski definition) is 0. The molecule has 2 heteroatoms. The Morgan fingerprint density at radius 3 is 1.88 bits per heavy atom. The second-order valence-electron chi connectivity index (χ2n) is 6.87. The lowest BCUT2D eigenvalue weighted by Gasteiger charge is -2.02. The summed E-state index contributed by atoms with van der Waals surface area (Å²) in [6.07, 6.45) is 0. The SMILES string of the molecule is Cc1ccc2c(F)c(C)ccc2c1.Cc1ccc2cc(C)c(F)cc2c1. The zero-order chi connectivity index (χ0) is 18.8. The van der Waals surface area contributed by atoms with Crippen LogP contribution in [0.5, 0.6) is 0 Å². The zero-order valence-corrected chi connectivity index (χ0v) is 15.5. The molecule has 0 heterocycles. The molecule has 4 aromatic rings. The van der Waals surface area contributed by atoms with Gasteiger partial charge in [-0.2, -0.15) is 0 Å². The number of rotatable bonds is 0. The highest BCUT2D eigenvalue weighted by molar-refractivity contribution is 5.85. The van der Waals surface area contributed by atoms with Crippen molar-refractivity contribution in [3.8, 4) is 0 Å². The van der Waals surface area contributed by atoms with E-state index in [4.69, 9.17) is 0 Å². The molecule has 0 amide bonds. The van der Waals surface area contributed by atoms with E-state index < -0.39 is 0 Å². The summed E-state index contributed by atoms with van der Waals surface area (Å²) in [6, 6.07) is 19.1. The number of halogens is 2. The van der Waals surface area contributed by atoms with E-state index >= 15 is 0 Å². The molecule has 0 saturated carbocycles. The Balaban J connectivity index is 0.000000151. The van der Waals surface area contributed by atoms with Crippen molar-refractivity contribution in [2.75, 3.05) is 0 Å². The highest BCUT2D eigenvalue weighted by atomic mass is 19.1. The van der Waals surface area contributed by atoms with Gasteiger partial charge in [0.2, 0.25) is 0 Å². The van der Waals surface area contributed by atoms with Crippen LogP contribution in [0.1, 0.15) is 22.3 Å². The van der Waals surface area contributed by atoms with Gasteiger partial charge in [0.25, 0.3) is 0 Å². The van der Waals surface area contributed by atoms with Gasteiger partial charge in [-0.1, -0.05) is 59.7 Å². The molecule has 0 radical (unpaired) electrons. The minimum atomic E-state index is -0.127. The first-order chi connectivity index (χ1) is 12.3. The maximum absolute atomic E-state index is 13.5. The summed E-state index contributed by atoms with van der Waals surface area (Å²) in [6.45, 7) is 7.59. The van der Waals surface area contributed by atoms with E-state index in [1.54, 1.807) is 19.9 Å². The third-order valence-electron chi connectivity index (χ3n) is 4.58. The van der Waals surface area contributed by atoms with Gasteiger partial charge in [-0.05, 0) is 67.1 Å². The Hall–Kier alpha value is -2.74. The molecule has 0 nitrogen and oxygen atoms in total. The van der Waals surface area contributed by atoms with Gasteiger partial charge in [-0.25, -0.2) is 8.78 Å². The monoisotopic (exact) mass is 348 g/mol. The smallest absolute Gasteiger partial charge is 0.133 e. The molecule has 0 aliphatic carbocycles. The minimum Gasteiger partial charge on any atom is -0.207 e. The largest absolute Gasteiger partial charge is 0.207 e. The molecule has 26 heavy (non-hydrogen) atoms. The summed E-state index contributed by atoms with van der Waals surface area (Å²) in [5.41, 5.74) is 3.74. The van der Waals surface area contributed by atoms with Crippen LogP contribution in [0.3, 0.4) is 0 Å². The zero-order valence-electron chi connectivity index (χ0n) is 15.5. The van der Waals surface area contributed by atoms with Crippen molar-refractivity contribution in [1.29, 1.82) is 0 Å². The third kappa shape index (κ3) is 3.75. The van der Waals surface area contributed by atoms with Crippen LogP contribution in [0.25, 0.3) is 21.5 Å². The minimum absolute atomic E-state index is 0.0995. The van der Waals surface area contributed by atoms with Crippen molar-refractivity contribution < 1.29 is 8.78 Å². The lowest BCUT2D eigenvalue weighted by atomic mass is 10.0. The average Bonchev–Trinajstić information content (AvgIpc) is 2.60. The molecule has 0 bridgehead atoms. The van der Waals surface area contributed by atoms with Crippen molar-refractivity contribution in [3.05, 3.63) is 94.6 Å². The summed E-state index contributed by atoms with van der Waals surface area (Å²) < 4.78 is 26.7. The fourth-order valence-corrected chi connectivity index (χ4v) is 3.02. The van der Waals surface area contributed by atoms with Crippen LogP contribution in [0.4, 0.5) is 8.78 Å². The van der Waals surface area contributed by atoms with E-state index in [0.29, 0.717) is 16.5 Å². The van der Waals surface area contributed by atoms with Gasteiger partial charge >= 0.3 is 0 Å². The van der Waals surface area contributed by atoms with E-state index in [0.717, 1.165) is 27.3 Å². The Bertz CT molecular complexity index is 1090. The maximum Gasteiger partial charge on any atom is 0.133 e. The van der Waals surface area contributed by atoms with Crippen molar-refractivity contribution >= 4 is 21.5 Å². The van der Waals surface area contributed by atoms with E-state index in [1.807, 2.05) is 68.4 Å². The molecule has 0 aromatic heterocycles. The van der Waals surface area contributed by atoms with Crippen LogP contribution in [0.15, 0.2) is 60.7 Å². The lowest BCUT2D eigenvalue weighted by Crippen LogP contribution is -1.85. The topological polar surface area (TPSA) is 0 Å². The van der Waals surface area contributed by atoms with Gasteiger partial charge in [-0.15, -0.1) is 0 Å². The van der Waals surface area contributed by atoms with E-state index in [2.05, 4.69) is 0 Å². The van der Waals surface area contributed by atoms with Crippen LogP contribution in [-0.2, 0) is 0 Å². The molecule has 0 unspecified atom stereocenters. The highest BCUT2D eigenvalue weighted by Crippen LogP contribution is 2.21. The van der Waals surface area contributed by atoms with Crippen molar-refractivity contribution in [2.24, 2.45) is 0 Å². The first kappa shape index (κ1) is 18.1. The average molecular weight is 348 g/mol. The van der Waals surface area contributed by atoms with Gasteiger partial charge in [0.15, 0.2) is 0 Å². The maximum atomic E-state index is 13.5. The van der Waals surface area contributed by atoms with Crippen LogP contribution >= 0.6 is 0 Å². The normalized spacial score (nSPS) is 10.7. The molecule has 0 spiro atoms. The summed E-state index contributed by atoms with van der Waals surface area (Å²) in [5.74, 6) is -0.226. The Morgan fingerprint density at radius 1 is 0.538 bits per heavy atom. The second kappa shape index (κ2) is 7.25. The number of fused-ring (bicyclic) bond motifs is 2. The molecule has 0 aliphatic heterocycles. The van der Waals surface area contributed by atoms with Crippen molar-refractivity contribution in [2.45, 2.75) is 27.7 Å². The molecular weight excluding hydrogens is 326 g/mol. The molecule has 0 atom stereocenters. The van der Waals surface area contributed by atoms with E-state index in [9.17, 15) is 8.78 Å².